The normalized spacial score (nSPS) is 10.4. The fourth-order valence-electron chi connectivity index (χ4n) is 1.02. The van der Waals surface area contributed by atoms with Crippen LogP contribution < -0.4 is 5.73 Å². The van der Waals surface area contributed by atoms with Gasteiger partial charge < -0.3 is 15.3 Å². The number of aromatic nitrogens is 2. The summed E-state index contributed by atoms with van der Waals surface area (Å²) in [5.41, 5.74) is 5.61. The van der Waals surface area contributed by atoms with Crippen molar-refractivity contribution in [1.29, 1.82) is 0 Å². The summed E-state index contributed by atoms with van der Waals surface area (Å²) in [4.78, 5) is 0. The van der Waals surface area contributed by atoms with Crippen molar-refractivity contribution in [3.05, 3.63) is 23.2 Å². The van der Waals surface area contributed by atoms with Crippen molar-refractivity contribution in [1.82, 2.24) is 10.2 Å². The predicted molar refractivity (Wildman–Crippen MR) is 50.8 cm³/mol. The number of rotatable bonds is 1. The van der Waals surface area contributed by atoms with Crippen LogP contribution in [0.25, 0.3) is 11.5 Å². The first kappa shape index (κ1) is 8.83. The second kappa shape index (κ2) is 3.19. The summed E-state index contributed by atoms with van der Waals surface area (Å²) in [6.07, 6.45) is 0. The fraction of sp³-hybridized carbons (Fsp3) is 0. The minimum Gasteiger partial charge on any atom is -0.507 e. The molecule has 14 heavy (non-hydrogen) atoms. The highest BCUT2D eigenvalue weighted by molar-refractivity contribution is 6.30. The van der Waals surface area contributed by atoms with Gasteiger partial charge in [-0.05, 0) is 18.2 Å². The minimum atomic E-state index is -0.0561. The van der Waals surface area contributed by atoms with E-state index in [9.17, 15) is 5.11 Å². The Bertz CT molecular complexity index is 469. The van der Waals surface area contributed by atoms with Gasteiger partial charge in [0, 0.05) is 5.02 Å². The van der Waals surface area contributed by atoms with Gasteiger partial charge in [-0.15, -0.1) is 5.10 Å². The quantitative estimate of drug-likeness (QED) is 0.750. The topological polar surface area (TPSA) is 85.2 Å². The Balaban J connectivity index is 2.55. The third-order valence-electron chi connectivity index (χ3n) is 1.63. The molecule has 6 heteroatoms. The van der Waals surface area contributed by atoms with Crippen LogP contribution >= 0.6 is 11.6 Å². The molecular weight excluding hydrogens is 206 g/mol. The van der Waals surface area contributed by atoms with E-state index in [1.165, 1.54) is 12.1 Å². The van der Waals surface area contributed by atoms with Crippen molar-refractivity contribution in [2.24, 2.45) is 0 Å². The second-order valence-electron chi connectivity index (χ2n) is 2.61. The summed E-state index contributed by atoms with van der Waals surface area (Å²) in [5.74, 6) is 0.153. The smallest absolute Gasteiger partial charge is 0.313 e. The zero-order valence-electron chi connectivity index (χ0n) is 6.94. The lowest BCUT2D eigenvalue weighted by Gasteiger charge is -1.98. The molecule has 3 N–H and O–H groups in total. The Morgan fingerprint density at radius 3 is 2.79 bits per heavy atom. The van der Waals surface area contributed by atoms with E-state index < -0.39 is 0 Å². The van der Waals surface area contributed by atoms with Crippen LogP contribution in [-0.4, -0.2) is 15.3 Å². The van der Waals surface area contributed by atoms with Crippen LogP contribution in [0.1, 0.15) is 0 Å². The van der Waals surface area contributed by atoms with Gasteiger partial charge in [-0.1, -0.05) is 16.7 Å². The second-order valence-corrected chi connectivity index (χ2v) is 3.04. The van der Waals surface area contributed by atoms with Crippen LogP contribution in [0.4, 0.5) is 6.01 Å². The van der Waals surface area contributed by atoms with Crippen molar-refractivity contribution < 1.29 is 9.52 Å². The highest BCUT2D eigenvalue weighted by atomic mass is 35.5. The van der Waals surface area contributed by atoms with E-state index in [1.54, 1.807) is 6.07 Å². The lowest BCUT2D eigenvalue weighted by molar-refractivity contribution is 0.473. The van der Waals surface area contributed by atoms with Gasteiger partial charge in [0.2, 0.25) is 0 Å². The molecule has 0 saturated heterocycles. The molecule has 0 saturated carbocycles. The molecule has 0 amide bonds. The average Bonchev–Trinajstić information content (AvgIpc) is 2.56. The van der Waals surface area contributed by atoms with Crippen LogP contribution in [0, 0.1) is 0 Å². The summed E-state index contributed by atoms with van der Waals surface area (Å²) >= 11 is 5.74. The van der Waals surface area contributed by atoms with Gasteiger partial charge >= 0.3 is 6.01 Å². The molecule has 1 aromatic heterocycles. The summed E-state index contributed by atoms with van der Waals surface area (Å²) in [6.45, 7) is 0. The van der Waals surface area contributed by atoms with Gasteiger partial charge in [-0.25, -0.2) is 0 Å². The molecule has 2 rings (SSSR count). The first-order chi connectivity index (χ1) is 6.66. The molecule has 72 valence electrons. The molecule has 0 fully saturated rings. The molecule has 0 unspecified atom stereocenters. The first-order valence-corrected chi connectivity index (χ1v) is 4.12. The summed E-state index contributed by atoms with van der Waals surface area (Å²) in [6, 6.07) is 4.46. The maximum absolute atomic E-state index is 9.47. The molecule has 0 spiro atoms. The Morgan fingerprint density at radius 1 is 1.36 bits per heavy atom. The molecule has 0 bridgehead atoms. The SMILES string of the molecule is Nc1nnc(-c2cc(Cl)ccc2O)o1. The number of halogens is 1. The van der Waals surface area contributed by atoms with E-state index in [1.807, 2.05) is 0 Å². The van der Waals surface area contributed by atoms with Crippen LogP contribution in [0.5, 0.6) is 5.75 Å². The Labute approximate surface area is 84.1 Å². The lowest BCUT2D eigenvalue weighted by Crippen LogP contribution is -1.81. The van der Waals surface area contributed by atoms with Gasteiger partial charge in [0.15, 0.2) is 0 Å². The maximum atomic E-state index is 9.47. The number of anilines is 1. The number of hydrogen-bond donors (Lipinski definition) is 2. The van der Waals surface area contributed by atoms with Crippen molar-refractivity contribution in [2.75, 3.05) is 5.73 Å². The zero-order valence-corrected chi connectivity index (χ0v) is 7.69. The largest absolute Gasteiger partial charge is 0.507 e. The number of phenolic OH excluding ortho intramolecular Hbond substituents is 1. The van der Waals surface area contributed by atoms with Crippen LogP contribution in [0.15, 0.2) is 22.6 Å². The first-order valence-electron chi connectivity index (χ1n) is 3.74. The van der Waals surface area contributed by atoms with Gasteiger partial charge in [0.1, 0.15) is 5.75 Å². The van der Waals surface area contributed by atoms with E-state index in [0.717, 1.165) is 0 Å². The maximum Gasteiger partial charge on any atom is 0.313 e. The summed E-state index contributed by atoms with van der Waals surface area (Å²) in [5, 5.41) is 17.0. The minimum absolute atomic E-state index is 0.0121. The predicted octanol–water partition coefficient (Wildman–Crippen LogP) is 1.68. The third-order valence-corrected chi connectivity index (χ3v) is 1.86. The summed E-state index contributed by atoms with van der Waals surface area (Å²) < 4.78 is 4.94. The standard InChI is InChI=1S/C8H6ClN3O2/c9-4-1-2-6(13)5(3-4)7-11-12-8(10)14-7/h1-3,13H,(H2,10,12). The molecule has 1 aromatic carbocycles. The Hall–Kier alpha value is -1.75. The number of nitrogens with zero attached hydrogens (tertiary/aromatic N) is 2. The molecule has 2 aromatic rings. The van der Waals surface area contributed by atoms with Crippen molar-refractivity contribution in [2.45, 2.75) is 0 Å². The van der Waals surface area contributed by atoms with E-state index >= 15 is 0 Å². The highest BCUT2D eigenvalue weighted by Crippen LogP contribution is 2.30. The molecule has 0 atom stereocenters. The molecule has 1 heterocycles. The summed E-state index contributed by atoms with van der Waals surface area (Å²) in [7, 11) is 0. The van der Waals surface area contributed by atoms with Crippen molar-refractivity contribution in [3.63, 3.8) is 0 Å². The number of benzene rings is 1. The van der Waals surface area contributed by atoms with E-state index in [0.29, 0.717) is 10.6 Å². The van der Waals surface area contributed by atoms with E-state index in [2.05, 4.69) is 10.2 Å². The number of phenols is 1. The van der Waals surface area contributed by atoms with Crippen LogP contribution in [0.2, 0.25) is 5.02 Å². The molecular formula is C8H6ClN3O2. The number of aromatic hydroxyl groups is 1. The average molecular weight is 212 g/mol. The van der Waals surface area contributed by atoms with E-state index in [4.69, 9.17) is 21.8 Å². The molecule has 0 aliphatic rings. The van der Waals surface area contributed by atoms with Crippen LogP contribution in [0.3, 0.4) is 0 Å². The van der Waals surface area contributed by atoms with Gasteiger partial charge in [-0.2, -0.15) is 0 Å². The monoisotopic (exact) mass is 211 g/mol. The zero-order chi connectivity index (χ0) is 10.1. The Morgan fingerprint density at radius 2 is 2.14 bits per heavy atom. The molecule has 0 aliphatic carbocycles. The fourth-order valence-corrected chi connectivity index (χ4v) is 1.20. The third kappa shape index (κ3) is 1.49. The molecule has 0 aliphatic heterocycles. The number of nitrogen functional groups attached to an aromatic ring is 1. The lowest BCUT2D eigenvalue weighted by atomic mass is 10.2. The van der Waals surface area contributed by atoms with Gasteiger partial charge in [0.25, 0.3) is 5.89 Å². The van der Waals surface area contributed by atoms with Crippen molar-refractivity contribution >= 4 is 17.6 Å². The number of hydrogen-bond acceptors (Lipinski definition) is 5. The molecule has 5 nitrogen and oxygen atoms in total. The number of nitrogens with two attached hydrogens (primary N) is 1. The Kier molecular flexibility index (Phi) is 2.01. The van der Waals surface area contributed by atoms with Gasteiger partial charge in [-0.3, -0.25) is 0 Å². The highest BCUT2D eigenvalue weighted by Gasteiger charge is 2.11. The van der Waals surface area contributed by atoms with Gasteiger partial charge in [0.05, 0.1) is 5.56 Å². The van der Waals surface area contributed by atoms with E-state index in [-0.39, 0.29) is 17.7 Å². The van der Waals surface area contributed by atoms with Crippen molar-refractivity contribution in [3.8, 4) is 17.2 Å². The van der Waals surface area contributed by atoms with Crippen LogP contribution in [-0.2, 0) is 0 Å². The molecule has 0 radical (unpaired) electrons.